The first-order valence-corrected chi connectivity index (χ1v) is 6.83. The normalized spacial score (nSPS) is 24.6. The van der Waals surface area contributed by atoms with Crippen molar-refractivity contribution >= 4 is 5.69 Å². The van der Waals surface area contributed by atoms with Crippen LogP contribution >= 0.6 is 0 Å². The van der Waals surface area contributed by atoms with Crippen LogP contribution in [0, 0.1) is 25.7 Å². The van der Waals surface area contributed by atoms with Gasteiger partial charge in [0.15, 0.2) is 0 Å². The lowest BCUT2D eigenvalue weighted by Gasteiger charge is -2.27. The molecule has 1 aliphatic carbocycles. The minimum absolute atomic E-state index is 0.847. The molecular weight excluding hydrogens is 208 g/mol. The summed E-state index contributed by atoms with van der Waals surface area (Å²) in [6, 6.07) is 4.24. The fourth-order valence-electron chi connectivity index (χ4n) is 2.87. The maximum atomic E-state index is 4.49. The molecule has 0 spiro atoms. The van der Waals surface area contributed by atoms with Gasteiger partial charge in [0.05, 0.1) is 11.4 Å². The first-order chi connectivity index (χ1) is 8.15. The Kier molecular flexibility index (Phi) is 4.03. The number of anilines is 1. The number of hydrogen-bond acceptors (Lipinski definition) is 2. The Balaban J connectivity index is 1.88. The average molecular weight is 232 g/mol. The van der Waals surface area contributed by atoms with Crippen molar-refractivity contribution in [3.8, 4) is 0 Å². The van der Waals surface area contributed by atoms with Crippen molar-refractivity contribution in [1.82, 2.24) is 4.98 Å². The largest absolute Gasteiger partial charge is 0.383 e. The SMILES string of the molecule is Cc1ccc(NCC2CCCC(C)C2)c(C)n1. The summed E-state index contributed by atoms with van der Waals surface area (Å²) >= 11 is 0. The van der Waals surface area contributed by atoms with Crippen LogP contribution in [0.25, 0.3) is 0 Å². The molecule has 1 aromatic heterocycles. The molecule has 0 aliphatic heterocycles. The van der Waals surface area contributed by atoms with Crippen molar-refractivity contribution in [3.63, 3.8) is 0 Å². The molecule has 1 aromatic rings. The summed E-state index contributed by atoms with van der Waals surface area (Å²) in [4.78, 5) is 4.49. The Morgan fingerprint density at radius 3 is 2.82 bits per heavy atom. The number of nitrogens with one attached hydrogen (secondary N) is 1. The molecule has 0 radical (unpaired) electrons. The lowest BCUT2D eigenvalue weighted by molar-refractivity contribution is 0.293. The molecule has 94 valence electrons. The van der Waals surface area contributed by atoms with Crippen LogP contribution in [0.2, 0.25) is 0 Å². The minimum Gasteiger partial charge on any atom is -0.383 e. The Morgan fingerprint density at radius 2 is 2.12 bits per heavy atom. The predicted molar refractivity (Wildman–Crippen MR) is 73.3 cm³/mol. The molecule has 1 N–H and O–H groups in total. The van der Waals surface area contributed by atoms with Crippen molar-refractivity contribution in [2.75, 3.05) is 11.9 Å². The Bertz CT molecular complexity index is 373. The molecular formula is C15H24N2. The number of hydrogen-bond donors (Lipinski definition) is 1. The lowest BCUT2D eigenvalue weighted by atomic mass is 9.82. The van der Waals surface area contributed by atoms with Gasteiger partial charge in [0.2, 0.25) is 0 Å². The van der Waals surface area contributed by atoms with E-state index in [-0.39, 0.29) is 0 Å². The fraction of sp³-hybridized carbons (Fsp3) is 0.667. The van der Waals surface area contributed by atoms with Crippen LogP contribution in [0.4, 0.5) is 5.69 Å². The zero-order valence-corrected chi connectivity index (χ0v) is 11.3. The second-order valence-electron chi connectivity index (χ2n) is 5.60. The third-order valence-electron chi connectivity index (χ3n) is 3.85. The standard InChI is InChI=1S/C15H24N2/c1-11-5-4-6-14(9-11)10-16-15-8-7-12(2)17-13(15)3/h7-8,11,14,16H,4-6,9-10H2,1-3H3. The van der Waals surface area contributed by atoms with Gasteiger partial charge in [0.25, 0.3) is 0 Å². The van der Waals surface area contributed by atoms with Crippen LogP contribution in [0.1, 0.15) is 44.0 Å². The van der Waals surface area contributed by atoms with E-state index in [2.05, 4.69) is 36.3 Å². The van der Waals surface area contributed by atoms with Gasteiger partial charge in [-0.1, -0.05) is 19.8 Å². The number of rotatable bonds is 3. The Labute approximate surface area is 105 Å². The summed E-state index contributed by atoms with van der Waals surface area (Å²) < 4.78 is 0. The first kappa shape index (κ1) is 12.4. The van der Waals surface area contributed by atoms with Crippen LogP contribution in [0.15, 0.2) is 12.1 Å². The van der Waals surface area contributed by atoms with E-state index in [0.717, 1.165) is 29.8 Å². The molecule has 1 aliphatic rings. The lowest BCUT2D eigenvalue weighted by Crippen LogP contribution is -2.21. The van der Waals surface area contributed by atoms with E-state index in [4.69, 9.17) is 0 Å². The maximum Gasteiger partial charge on any atom is 0.0606 e. The van der Waals surface area contributed by atoms with Gasteiger partial charge in [-0.25, -0.2) is 0 Å². The summed E-state index contributed by atoms with van der Waals surface area (Å²) in [6.45, 7) is 7.61. The molecule has 1 fully saturated rings. The highest BCUT2D eigenvalue weighted by molar-refractivity contribution is 5.47. The minimum atomic E-state index is 0.847. The summed E-state index contributed by atoms with van der Waals surface area (Å²) in [7, 11) is 0. The molecule has 1 heterocycles. The molecule has 0 bridgehead atoms. The van der Waals surface area contributed by atoms with Gasteiger partial charge in [-0.05, 0) is 50.7 Å². The number of aryl methyl sites for hydroxylation is 2. The van der Waals surface area contributed by atoms with Crippen molar-refractivity contribution in [3.05, 3.63) is 23.5 Å². The van der Waals surface area contributed by atoms with E-state index in [1.54, 1.807) is 0 Å². The van der Waals surface area contributed by atoms with E-state index in [1.165, 1.54) is 31.4 Å². The van der Waals surface area contributed by atoms with Gasteiger partial charge < -0.3 is 5.32 Å². The molecule has 0 aromatic carbocycles. The monoisotopic (exact) mass is 232 g/mol. The van der Waals surface area contributed by atoms with E-state index in [1.807, 2.05) is 6.92 Å². The van der Waals surface area contributed by atoms with Crippen LogP contribution in [0.3, 0.4) is 0 Å². The Hall–Kier alpha value is -1.05. The van der Waals surface area contributed by atoms with Gasteiger partial charge in [0.1, 0.15) is 0 Å². The number of nitrogens with zero attached hydrogens (tertiary/aromatic N) is 1. The second-order valence-corrected chi connectivity index (χ2v) is 5.60. The smallest absolute Gasteiger partial charge is 0.0606 e. The number of pyridine rings is 1. The molecule has 1 saturated carbocycles. The quantitative estimate of drug-likeness (QED) is 0.854. The van der Waals surface area contributed by atoms with E-state index in [0.29, 0.717) is 0 Å². The van der Waals surface area contributed by atoms with Gasteiger partial charge in [0, 0.05) is 12.2 Å². The summed E-state index contributed by atoms with van der Waals surface area (Å²) in [5.74, 6) is 1.76. The summed E-state index contributed by atoms with van der Waals surface area (Å²) in [5.41, 5.74) is 3.42. The van der Waals surface area contributed by atoms with Crippen LogP contribution in [0.5, 0.6) is 0 Å². The molecule has 2 nitrogen and oxygen atoms in total. The highest BCUT2D eigenvalue weighted by Crippen LogP contribution is 2.28. The fourth-order valence-corrected chi connectivity index (χ4v) is 2.87. The third kappa shape index (κ3) is 3.45. The molecule has 0 saturated heterocycles. The second kappa shape index (κ2) is 5.52. The first-order valence-electron chi connectivity index (χ1n) is 6.83. The van der Waals surface area contributed by atoms with Crippen molar-refractivity contribution in [2.45, 2.75) is 46.5 Å². The van der Waals surface area contributed by atoms with Gasteiger partial charge in [-0.15, -0.1) is 0 Å². The summed E-state index contributed by atoms with van der Waals surface area (Å²) in [6.07, 6.45) is 5.58. The Morgan fingerprint density at radius 1 is 1.29 bits per heavy atom. The van der Waals surface area contributed by atoms with Crippen molar-refractivity contribution in [2.24, 2.45) is 11.8 Å². The van der Waals surface area contributed by atoms with Crippen LogP contribution < -0.4 is 5.32 Å². The molecule has 0 amide bonds. The molecule has 2 unspecified atom stereocenters. The molecule has 2 rings (SSSR count). The predicted octanol–water partition coefficient (Wildman–Crippen LogP) is 3.94. The highest BCUT2D eigenvalue weighted by atomic mass is 14.9. The average Bonchev–Trinajstić information content (AvgIpc) is 2.28. The molecule has 17 heavy (non-hydrogen) atoms. The highest BCUT2D eigenvalue weighted by Gasteiger charge is 2.18. The van der Waals surface area contributed by atoms with Crippen molar-refractivity contribution in [1.29, 1.82) is 0 Å². The molecule has 2 heteroatoms. The zero-order valence-electron chi connectivity index (χ0n) is 11.3. The maximum absolute atomic E-state index is 4.49. The van der Waals surface area contributed by atoms with Crippen molar-refractivity contribution < 1.29 is 0 Å². The zero-order chi connectivity index (χ0) is 12.3. The van der Waals surface area contributed by atoms with Crippen LogP contribution in [-0.2, 0) is 0 Å². The van der Waals surface area contributed by atoms with Gasteiger partial charge in [-0.3, -0.25) is 4.98 Å². The van der Waals surface area contributed by atoms with Gasteiger partial charge >= 0.3 is 0 Å². The van der Waals surface area contributed by atoms with Crippen LogP contribution in [-0.4, -0.2) is 11.5 Å². The number of aromatic nitrogens is 1. The summed E-state index contributed by atoms with van der Waals surface area (Å²) in [5, 5.41) is 3.57. The van der Waals surface area contributed by atoms with E-state index in [9.17, 15) is 0 Å². The van der Waals surface area contributed by atoms with E-state index < -0.39 is 0 Å². The molecule has 2 atom stereocenters. The topological polar surface area (TPSA) is 24.9 Å². The van der Waals surface area contributed by atoms with Gasteiger partial charge in [-0.2, -0.15) is 0 Å². The third-order valence-corrected chi connectivity index (χ3v) is 3.85. The van der Waals surface area contributed by atoms with E-state index >= 15 is 0 Å².